The van der Waals surface area contributed by atoms with Crippen LogP contribution in [-0.2, 0) is 0 Å². The number of methoxy groups -OCH3 is 3. The molecule has 7 nitrogen and oxygen atoms in total. The Kier molecular flexibility index (Phi) is 5.96. The third kappa shape index (κ3) is 4.50. The maximum Gasteiger partial charge on any atom is 0.255 e. The van der Waals surface area contributed by atoms with Gasteiger partial charge in [0.15, 0.2) is 11.5 Å². The van der Waals surface area contributed by atoms with Gasteiger partial charge < -0.3 is 24.8 Å². The quantitative estimate of drug-likeness (QED) is 0.643. The first kappa shape index (κ1) is 19.0. The molecular weight excluding hydrogens is 358 g/mol. The van der Waals surface area contributed by atoms with Gasteiger partial charge in [-0.2, -0.15) is 0 Å². The van der Waals surface area contributed by atoms with E-state index in [9.17, 15) is 4.79 Å². The molecule has 1 aromatic heterocycles. The summed E-state index contributed by atoms with van der Waals surface area (Å²) in [5.41, 5.74) is 1.94. The van der Waals surface area contributed by atoms with Gasteiger partial charge in [-0.3, -0.25) is 4.79 Å². The van der Waals surface area contributed by atoms with E-state index in [1.807, 2.05) is 18.2 Å². The number of nitrogens with zero attached hydrogens (tertiary/aromatic N) is 1. The molecule has 1 amide bonds. The number of aromatic nitrogens is 1. The topological polar surface area (TPSA) is 81.7 Å². The molecule has 0 saturated heterocycles. The molecule has 0 atom stereocenters. The minimum Gasteiger partial charge on any atom is -0.497 e. The summed E-state index contributed by atoms with van der Waals surface area (Å²) in [6, 6.07) is 15.9. The Hall–Kier alpha value is -3.74. The van der Waals surface area contributed by atoms with E-state index in [2.05, 4.69) is 15.6 Å². The van der Waals surface area contributed by atoms with Crippen molar-refractivity contribution < 1.29 is 19.0 Å². The number of anilines is 3. The third-order valence-electron chi connectivity index (χ3n) is 4.03. The highest BCUT2D eigenvalue weighted by Gasteiger charge is 2.08. The summed E-state index contributed by atoms with van der Waals surface area (Å²) in [7, 11) is 4.75. The van der Waals surface area contributed by atoms with E-state index in [-0.39, 0.29) is 5.91 Å². The Morgan fingerprint density at radius 1 is 0.821 bits per heavy atom. The van der Waals surface area contributed by atoms with Gasteiger partial charge >= 0.3 is 0 Å². The van der Waals surface area contributed by atoms with Crippen molar-refractivity contribution in [1.29, 1.82) is 0 Å². The monoisotopic (exact) mass is 379 g/mol. The minimum absolute atomic E-state index is 0.218. The maximum absolute atomic E-state index is 12.3. The number of rotatable bonds is 7. The SMILES string of the molecule is COc1ccc(C(=O)Nc2ccc(Nc3ccc(OC)c(OC)c3)nc2)cc1. The molecule has 0 saturated carbocycles. The van der Waals surface area contributed by atoms with Gasteiger partial charge in [-0.25, -0.2) is 4.98 Å². The molecule has 0 fully saturated rings. The van der Waals surface area contributed by atoms with Crippen molar-refractivity contribution in [3.05, 3.63) is 66.4 Å². The van der Waals surface area contributed by atoms with E-state index in [0.717, 1.165) is 5.69 Å². The number of amides is 1. The molecule has 7 heteroatoms. The van der Waals surface area contributed by atoms with Crippen LogP contribution in [0.4, 0.5) is 17.2 Å². The molecule has 0 aliphatic rings. The fraction of sp³-hybridized carbons (Fsp3) is 0.143. The summed E-state index contributed by atoms with van der Waals surface area (Å²) in [6.07, 6.45) is 1.59. The first-order valence-electron chi connectivity index (χ1n) is 8.53. The Balaban J connectivity index is 1.65. The van der Waals surface area contributed by atoms with Gasteiger partial charge in [-0.15, -0.1) is 0 Å². The van der Waals surface area contributed by atoms with E-state index >= 15 is 0 Å². The summed E-state index contributed by atoms with van der Waals surface area (Å²) in [5.74, 6) is 2.39. The predicted molar refractivity (Wildman–Crippen MR) is 108 cm³/mol. The number of ether oxygens (including phenoxy) is 3. The molecule has 0 aliphatic carbocycles. The average molecular weight is 379 g/mol. The van der Waals surface area contributed by atoms with E-state index in [0.29, 0.717) is 34.3 Å². The van der Waals surface area contributed by atoms with Crippen LogP contribution in [0.25, 0.3) is 0 Å². The number of carbonyl (C=O) groups is 1. The number of hydrogen-bond donors (Lipinski definition) is 2. The van der Waals surface area contributed by atoms with Crippen LogP contribution in [0, 0.1) is 0 Å². The lowest BCUT2D eigenvalue weighted by Gasteiger charge is -2.11. The lowest BCUT2D eigenvalue weighted by molar-refractivity contribution is 0.102. The van der Waals surface area contributed by atoms with Gasteiger partial charge in [0.05, 0.1) is 33.2 Å². The smallest absolute Gasteiger partial charge is 0.255 e. The van der Waals surface area contributed by atoms with E-state index in [1.165, 1.54) is 0 Å². The first-order chi connectivity index (χ1) is 13.6. The Morgan fingerprint density at radius 3 is 2.14 bits per heavy atom. The van der Waals surface area contributed by atoms with Crippen molar-refractivity contribution in [2.75, 3.05) is 32.0 Å². The van der Waals surface area contributed by atoms with Crippen molar-refractivity contribution in [3.63, 3.8) is 0 Å². The van der Waals surface area contributed by atoms with Gasteiger partial charge in [0.2, 0.25) is 0 Å². The lowest BCUT2D eigenvalue weighted by Crippen LogP contribution is -2.12. The fourth-order valence-electron chi connectivity index (χ4n) is 2.55. The van der Waals surface area contributed by atoms with Crippen molar-refractivity contribution in [1.82, 2.24) is 4.98 Å². The van der Waals surface area contributed by atoms with Gasteiger partial charge in [0, 0.05) is 17.3 Å². The second-order valence-electron chi connectivity index (χ2n) is 5.81. The Labute approximate surface area is 163 Å². The van der Waals surface area contributed by atoms with Gasteiger partial charge in [0.25, 0.3) is 5.91 Å². The van der Waals surface area contributed by atoms with Gasteiger partial charge in [-0.05, 0) is 48.5 Å². The molecule has 2 aromatic carbocycles. The highest BCUT2D eigenvalue weighted by Crippen LogP contribution is 2.30. The molecule has 0 aliphatic heterocycles. The van der Waals surface area contributed by atoms with Crippen molar-refractivity contribution in [3.8, 4) is 17.2 Å². The minimum atomic E-state index is -0.218. The van der Waals surface area contributed by atoms with Crippen LogP contribution in [0.15, 0.2) is 60.8 Å². The van der Waals surface area contributed by atoms with E-state index in [1.54, 1.807) is 63.9 Å². The van der Waals surface area contributed by atoms with Crippen molar-refractivity contribution in [2.24, 2.45) is 0 Å². The standard InChI is InChI=1S/C21H21N3O4/c1-26-17-8-4-14(5-9-17)21(25)24-16-7-11-20(22-13-16)23-15-6-10-18(27-2)19(12-15)28-3/h4-13H,1-3H3,(H,22,23)(H,24,25). The number of nitrogens with one attached hydrogen (secondary N) is 2. The summed E-state index contributed by atoms with van der Waals surface area (Å²) >= 11 is 0. The summed E-state index contributed by atoms with van der Waals surface area (Å²) < 4.78 is 15.6. The summed E-state index contributed by atoms with van der Waals surface area (Å²) in [5, 5.41) is 6.00. The molecule has 0 unspecified atom stereocenters. The molecule has 144 valence electrons. The van der Waals surface area contributed by atoms with Crippen LogP contribution in [-0.4, -0.2) is 32.2 Å². The molecule has 1 heterocycles. The fourth-order valence-corrected chi connectivity index (χ4v) is 2.55. The number of carbonyl (C=O) groups excluding carboxylic acids is 1. The van der Waals surface area contributed by atoms with Gasteiger partial charge in [-0.1, -0.05) is 0 Å². The van der Waals surface area contributed by atoms with Crippen LogP contribution in [0.3, 0.4) is 0 Å². The number of pyridine rings is 1. The number of hydrogen-bond acceptors (Lipinski definition) is 6. The second-order valence-corrected chi connectivity index (χ2v) is 5.81. The highest BCUT2D eigenvalue weighted by atomic mass is 16.5. The van der Waals surface area contributed by atoms with E-state index in [4.69, 9.17) is 14.2 Å². The van der Waals surface area contributed by atoms with E-state index < -0.39 is 0 Å². The van der Waals surface area contributed by atoms with Crippen LogP contribution >= 0.6 is 0 Å². The van der Waals surface area contributed by atoms with Crippen LogP contribution < -0.4 is 24.8 Å². The molecule has 3 rings (SSSR count). The average Bonchev–Trinajstić information content (AvgIpc) is 2.75. The molecule has 3 aromatic rings. The zero-order valence-corrected chi connectivity index (χ0v) is 15.9. The van der Waals surface area contributed by atoms with Crippen LogP contribution in [0.2, 0.25) is 0 Å². The highest BCUT2D eigenvalue weighted by molar-refractivity contribution is 6.04. The third-order valence-corrected chi connectivity index (χ3v) is 4.03. The largest absolute Gasteiger partial charge is 0.497 e. The number of benzene rings is 2. The van der Waals surface area contributed by atoms with Gasteiger partial charge in [0.1, 0.15) is 11.6 Å². The maximum atomic E-state index is 12.3. The van der Waals surface area contributed by atoms with Crippen molar-refractivity contribution in [2.45, 2.75) is 0 Å². The Bertz CT molecular complexity index is 941. The lowest BCUT2D eigenvalue weighted by atomic mass is 10.2. The molecule has 0 spiro atoms. The molecule has 0 radical (unpaired) electrons. The predicted octanol–water partition coefficient (Wildman–Crippen LogP) is 4.10. The molecule has 2 N–H and O–H groups in total. The second kappa shape index (κ2) is 8.77. The Morgan fingerprint density at radius 2 is 1.54 bits per heavy atom. The summed E-state index contributed by atoms with van der Waals surface area (Å²) in [4.78, 5) is 16.6. The molecular formula is C21H21N3O4. The zero-order valence-electron chi connectivity index (χ0n) is 15.9. The first-order valence-corrected chi connectivity index (χ1v) is 8.53. The molecule has 0 bridgehead atoms. The van der Waals surface area contributed by atoms with Crippen molar-refractivity contribution >= 4 is 23.1 Å². The van der Waals surface area contributed by atoms with Crippen LogP contribution in [0.5, 0.6) is 17.2 Å². The van der Waals surface area contributed by atoms with Crippen LogP contribution in [0.1, 0.15) is 10.4 Å². The molecule has 28 heavy (non-hydrogen) atoms. The zero-order chi connectivity index (χ0) is 19.9. The summed E-state index contributed by atoms with van der Waals surface area (Å²) in [6.45, 7) is 0. The normalized spacial score (nSPS) is 10.1.